The zero-order valence-electron chi connectivity index (χ0n) is 18.1. The number of hydrogen-bond acceptors (Lipinski definition) is 8. The summed E-state index contributed by atoms with van der Waals surface area (Å²) in [6.07, 6.45) is 5.03. The molecule has 0 unspecified atom stereocenters. The Morgan fingerprint density at radius 1 is 1.06 bits per heavy atom. The van der Waals surface area contributed by atoms with E-state index >= 15 is 0 Å². The summed E-state index contributed by atoms with van der Waals surface area (Å²) in [6, 6.07) is 16.8. The molecule has 0 aliphatic carbocycles. The number of rotatable bonds is 8. The summed E-state index contributed by atoms with van der Waals surface area (Å²) in [5, 5.41) is 17.0. The zero-order valence-corrected chi connectivity index (χ0v) is 18.1. The highest BCUT2D eigenvalue weighted by Gasteiger charge is 2.16. The molecule has 4 rings (SSSR count). The number of nitro groups is 1. The first kappa shape index (κ1) is 22.3. The first-order valence-electron chi connectivity index (χ1n) is 10.3. The van der Waals surface area contributed by atoms with E-state index in [1.807, 2.05) is 31.2 Å². The molecule has 34 heavy (non-hydrogen) atoms. The number of pyridine rings is 1. The van der Waals surface area contributed by atoms with Crippen molar-refractivity contribution < 1.29 is 14.5 Å². The third kappa shape index (κ3) is 5.49. The average Bonchev–Trinajstić information content (AvgIpc) is 2.85. The van der Waals surface area contributed by atoms with Gasteiger partial charge in [-0.2, -0.15) is 0 Å². The van der Waals surface area contributed by atoms with Crippen LogP contribution >= 0.6 is 0 Å². The number of aryl methyl sites for hydroxylation is 1. The number of anilines is 3. The summed E-state index contributed by atoms with van der Waals surface area (Å²) in [5.74, 6) is -0.112. The molecule has 2 N–H and O–H groups in total. The molecule has 4 aromatic rings. The summed E-state index contributed by atoms with van der Waals surface area (Å²) in [5.41, 5.74) is 3.36. The minimum Gasteiger partial charge on any atom is -0.477 e. The van der Waals surface area contributed by atoms with Crippen LogP contribution in [0.2, 0.25) is 0 Å². The Bertz CT molecular complexity index is 1330. The first-order chi connectivity index (χ1) is 16.5. The second-order valence-electron chi connectivity index (χ2n) is 7.24. The van der Waals surface area contributed by atoms with Gasteiger partial charge in [0.05, 0.1) is 22.0 Å². The first-order valence-corrected chi connectivity index (χ1v) is 10.3. The van der Waals surface area contributed by atoms with Crippen LogP contribution in [0, 0.1) is 17.0 Å². The lowest BCUT2D eigenvalue weighted by Gasteiger charge is -2.14. The molecule has 0 fully saturated rings. The van der Waals surface area contributed by atoms with E-state index in [2.05, 4.69) is 25.6 Å². The van der Waals surface area contributed by atoms with Gasteiger partial charge in [-0.15, -0.1) is 0 Å². The number of carbonyl (C=O) groups excluding carboxylic acids is 1. The van der Waals surface area contributed by atoms with E-state index in [1.54, 1.807) is 36.8 Å². The Kier molecular flexibility index (Phi) is 6.68. The second-order valence-corrected chi connectivity index (χ2v) is 7.24. The van der Waals surface area contributed by atoms with Crippen molar-refractivity contribution in [1.29, 1.82) is 0 Å². The van der Waals surface area contributed by atoms with Gasteiger partial charge in [-0.3, -0.25) is 19.9 Å². The molecular weight excluding hydrogens is 436 g/mol. The molecule has 0 aliphatic heterocycles. The predicted molar refractivity (Wildman–Crippen MR) is 127 cm³/mol. The van der Waals surface area contributed by atoms with E-state index in [4.69, 9.17) is 4.74 Å². The topological polar surface area (TPSA) is 132 Å². The molecule has 0 atom stereocenters. The van der Waals surface area contributed by atoms with E-state index in [0.29, 0.717) is 23.0 Å². The van der Waals surface area contributed by atoms with Crippen LogP contribution in [0.3, 0.4) is 0 Å². The van der Waals surface area contributed by atoms with E-state index in [0.717, 1.165) is 11.1 Å². The highest BCUT2D eigenvalue weighted by Crippen LogP contribution is 2.28. The monoisotopic (exact) mass is 456 g/mol. The second kappa shape index (κ2) is 10.2. The van der Waals surface area contributed by atoms with Gasteiger partial charge in [0, 0.05) is 30.2 Å². The number of para-hydroxylation sites is 2. The number of nitrogens with one attached hydrogen (secondary N) is 2. The van der Waals surface area contributed by atoms with Crippen molar-refractivity contribution in [1.82, 2.24) is 15.0 Å². The molecule has 0 aliphatic rings. The summed E-state index contributed by atoms with van der Waals surface area (Å²) in [6.45, 7) is 1.52. The average molecular weight is 456 g/mol. The maximum atomic E-state index is 12.5. The minimum absolute atomic E-state index is 0.0190. The van der Waals surface area contributed by atoms with Gasteiger partial charge >= 0.3 is 5.69 Å². The molecule has 10 heteroatoms. The van der Waals surface area contributed by atoms with Crippen molar-refractivity contribution in [3.63, 3.8) is 0 Å². The standard InChI is InChI=1S/C24H20N6O4/c1-16-8-9-19(27-23(31)15-34-22-7-3-2-6-21(22)30(32)33)20(13-16)29-24-26-12-10-18(28-24)17-5-4-11-25-14-17/h2-14H,15H2,1H3,(H,27,31)(H,26,28,29). The third-order valence-electron chi connectivity index (χ3n) is 4.73. The van der Waals surface area contributed by atoms with Crippen molar-refractivity contribution in [2.45, 2.75) is 6.92 Å². The van der Waals surface area contributed by atoms with Crippen LogP contribution < -0.4 is 15.4 Å². The van der Waals surface area contributed by atoms with Crippen LogP contribution in [-0.2, 0) is 4.79 Å². The molecule has 2 aromatic heterocycles. The van der Waals surface area contributed by atoms with E-state index in [-0.39, 0.29) is 11.4 Å². The molecule has 170 valence electrons. The minimum atomic E-state index is -0.561. The molecule has 10 nitrogen and oxygen atoms in total. The Labute approximate surface area is 194 Å². The van der Waals surface area contributed by atoms with Gasteiger partial charge in [-0.05, 0) is 48.9 Å². The van der Waals surface area contributed by atoms with Crippen molar-refractivity contribution in [2.24, 2.45) is 0 Å². The van der Waals surface area contributed by atoms with Crippen LogP contribution in [0.5, 0.6) is 5.75 Å². The highest BCUT2D eigenvalue weighted by molar-refractivity contribution is 5.95. The van der Waals surface area contributed by atoms with Crippen LogP contribution in [-0.4, -0.2) is 32.4 Å². The van der Waals surface area contributed by atoms with Gasteiger partial charge in [0.15, 0.2) is 12.4 Å². The summed E-state index contributed by atoms with van der Waals surface area (Å²) >= 11 is 0. The molecule has 2 heterocycles. The Morgan fingerprint density at radius 2 is 1.91 bits per heavy atom. The smallest absolute Gasteiger partial charge is 0.310 e. The fraction of sp³-hybridized carbons (Fsp3) is 0.0833. The van der Waals surface area contributed by atoms with Crippen molar-refractivity contribution in [2.75, 3.05) is 17.2 Å². The number of amides is 1. The summed E-state index contributed by atoms with van der Waals surface area (Å²) in [4.78, 5) is 36.0. The number of aromatic nitrogens is 3. The van der Waals surface area contributed by atoms with Crippen molar-refractivity contribution >= 4 is 28.9 Å². The van der Waals surface area contributed by atoms with Gasteiger partial charge in [-0.1, -0.05) is 18.2 Å². The molecule has 1 amide bonds. The normalized spacial score (nSPS) is 10.4. The van der Waals surface area contributed by atoms with Gasteiger partial charge in [0.25, 0.3) is 5.91 Å². The SMILES string of the molecule is Cc1ccc(NC(=O)COc2ccccc2[N+](=O)[O-])c(Nc2nccc(-c3cccnc3)n2)c1. The van der Waals surface area contributed by atoms with E-state index < -0.39 is 17.4 Å². The number of ether oxygens (including phenoxy) is 1. The number of hydrogen-bond donors (Lipinski definition) is 2. The van der Waals surface area contributed by atoms with E-state index in [9.17, 15) is 14.9 Å². The quantitative estimate of drug-likeness (QED) is 0.292. The van der Waals surface area contributed by atoms with Gasteiger partial charge in [0.1, 0.15) is 0 Å². The molecule has 0 bridgehead atoms. The molecular formula is C24H20N6O4. The van der Waals surface area contributed by atoms with Crippen LogP contribution in [0.1, 0.15) is 5.56 Å². The van der Waals surface area contributed by atoms with Crippen LogP contribution in [0.25, 0.3) is 11.3 Å². The molecule has 0 radical (unpaired) electrons. The Balaban J connectivity index is 1.49. The van der Waals surface area contributed by atoms with Crippen molar-refractivity contribution in [3.8, 4) is 17.0 Å². The molecule has 0 saturated heterocycles. The van der Waals surface area contributed by atoms with Gasteiger partial charge in [0.2, 0.25) is 5.95 Å². The Hall–Kier alpha value is -4.86. The number of benzene rings is 2. The summed E-state index contributed by atoms with van der Waals surface area (Å²) in [7, 11) is 0. The van der Waals surface area contributed by atoms with Crippen LogP contribution in [0.4, 0.5) is 23.0 Å². The number of carbonyl (C=O) groups is 1. The summed E-state index contributed by atoms with van der Waals surface area (Å²) < 4.78 is 5.37. The third-order valence-corrected chi connectivity index (χ3v) is 4.73. The zero-order chi connectivity index (χ0) is 23.9. The molecule has 2 aromatic carbocycles. The van der Waals surface area contributed by atoms with Crippen LogP contribution in [0.15, 0.2) is 79.3 Å². The highest BCUT2D eigenvalue weighted by atomic mass is 16.6. The van der Waals surface area contributed by atoms with Crippen molar-refractivity contribution in [3.05, 3.63) is 94.9 Å². The largest absolute Gasteiger partial charge is 0.477 e. The predicted octanol–water partition coefficient (Wildman–Crippen LogP) is 4.52. The lowest BCUT2D eigenvalue weighted by molar-refractivity contribution is -0.385. The lowest BCUT2D eigenvalue weighted by Crippen LogP contribution is -2.21. The molecule has 0 spiro atoms. The van der Waals surface area contributed by atoms with Gasteiger partial charge < -0.3 is 15.4 Å². The van der Waals surface area contributed by atoms with E-state index in [1.165, 1.54) is 18.2 Å². The Morgan fingerprint density at radius 3 is 2.71 bits per heavy atom. The maximum Gasteiger partial charge on any atom is 0.310 e. The lowest BCUT2D eigenvalue weighted by atomic mass is 10.2. The maximum absolute atomic E-state index is 12.5. The number of nitrogens with zero attached hydrogens (tertiary/aromatic N) is 4. The number of nitro benzene ring substituents is 1. The fourth-order valence-corrected chi connectivity index (χ4v) is 3.14. The fourth-order valence-electron chi connectivity index (χ4n) is 3.14. The van der Waals surface area contributed by atoms with Gasteiger partial charge in [-0.25, -0.2) is 9.97 Å². The molecule has 0 saturated carbocycles.